The third-order valence-corrected chi connectivity index (χ3v) is 4.68. The van der Waals surface area contributed by atoms with Crippen LogP contribution in [-0.2, 0) is 32.7 Å². The lowest BCUT2D eigenvalue weighted by Crippen LogP contribution is -2.37. The number of carbonyl (C=O) groups is 2. The van der Waals surface area contributed by atoms with E-state index in [0.29, 0.717) is 19.2 Å². The fraction of sp³-hybridized carbons (Fsp3) is 0.706. The van der Waals surface area contributed by atoms with Gasteiger partial charge >= 0.3 is 12.1 Å². The number of hydrogen-bond acceptors (Lipinski definition) is 6. The van der Waals surface area contributed by atoms with E-state index in [1.54, 1.807) is 7.11 Å². The first-order valence-electron chi connectivity index (χ1n) is 9.05. The molecule has 0 spiro atoms. The van der Waals surface area contributed by atoms with Crippen molar-refractivity contribution in [3.8, 4) is 0 Å². The summed E-state index contributed by atoms with van der Waals surface area (Å²) < 4.78 is 44.4. The molecule has 3 rings (SSSR count). The maximum absolute atomic E-state index is 12.1. The van der Waals surface area contributed by atoms with E-state index in [9.17, 15) is 18.0 Å². The van der Waals surface area contributed by atoms with Crippen molar-refractivity contribution in [3.63, 3.8) is 0 Å². The summed E-state index contributed by atoms with van der Waals surface area (Å²) in [7, 11) is 3.55. The van der Waals surface area contributed by atoms with Gasteiger partial charge < -0.3 is 19.9 Å². The number of amides is 1. The summed E-state index contributed by atoms with van der Waals surface area (Å²) in [5.41, 5.74) is 1.20. The molecule has 3 atom stereocenters. The van der Waals surface area contributed by atoms with Gasteiger partial charge in [0.25, 0.3) is 0 Å². The van der Waals surface area contributed by atoms with Gasteiger partial charge in [-0.15, -0.1) is 0 Å². The van der Waals surface area contributed by atoms with Gasteiger partial charge in [0.05, 0.1) is 18.9 Å². The number of alkyl halides is 3. The maximum atomic E-state index is 12.1. The molecule has 1 aromatic rings. The Bertz CT molecular complexity index is 697. The van der Waals surface area contributed by atoms with Gasteiger partial charge in [0, 0.05) is 58.0 Å². The minimum atomic E-state index is -5.08. The van der Waals surface area contributed by atoms with Gasteiger partial charge in [0.15, 0.2) is 0 Å². The summed E-state index contributed by atoms with van der Waals surface area (Å²) >= 11 is 0. The van der Waals surface area contributed by atoms with Crippen LogP contribution < -0.4 is 5.32 Å². The Labute approximate surface area is 165 Å². The molecule has 29 heavy (non-hydrogen) atoms. The number of carbonyl (C=O) groups excluding carboxylic acids is 1. The molecule has 1 aromatic heterocycles. The first-order chi connectivity index (χ1) is 13.6. The molecular formula is C17H25F3N4O5. The second kappa shape index (κ2) is 10.0. The normalized spacial score (nSPS) is 24.0. The summed E-state index contributed by atoms with van der Waals surface area (Å²) in [5.74, 6) is -2.78. The highest BCUT2D eigenvalue weighted by atomic mass is 19.4. The first-order valence-corrected chi connectivity index (χ1v) is 9.05. The molecule has 2 N–H and O–H groups in total. The van der Waals surface area contributed by atoms with Crippen molar-refractivity contribution in [3.05, 3.63) is 18.0 Å². The molecular weight excluding hydrogens is 397 g/mol. The van der Waals surface area contributed by atoms with Crippen molar-refractivity contribution in [2.75, 3.05) is 26.8 Å². The highest BCUT2D eigenvalue weighted by Gasteiger charge is 2.45. The molecule has 0 unspecified atom stereocenters. The minimum absolute atomic E-state index is 0.0206. The van der Waals surface area contributed by atoms with Crippen molar-refractivity contribution in [2.45, 2.75) is 43.8 Å². The van der Waals surface area contributed by atoms with Gasteiger partial charge in [0.1, 0.15) is 6.10 Å². The lowest BCUT2D eigenvalue weighted by Gasteiger charge is -2.21. The van der Waals surface area contributed by atoms with Crippen LogP contribution in [0.1, 0.15) is 18.4 Å². The van der Waals surface area contributed by atoms with Crippen LogP contribution in [0.4, 0.5) is 13.2 Å². The third-order valence-electron chi connectivity index (χ3n) is 4.68. The van der Waals surface area contributed by atoms with Crippen molar-refractivity contribution >= 4 is 11.9 Å². The van der Waals surface area contributed by atoms with Gasteiger partial charge in [0.2, 0.25) is 5.91 Å². The predicted molar refractivity (Wildman–Crippen MR) is 93.9 cm³/mol. The number of carboxylic acids is 1. The summed E-state index contributed by atoms with van der Waals surface area (Å²) in [4.78, 5) is 23.4. The minimum Gasteiger partial charge on any atom is -0.475 e. The average molecular weight is 422 g/mol. The fourth-order valence-electron chi connectivity index (χ4n) is 3.38. The second-order valence-electron chi connectivity index (χ2n) is 6.83. The van der Waals surface area contributed by atoms with Gasteiger partial charge in [-0.2, -0.15) is 18.3 Å². The molecule has 2 saturated heterocycles. The highest BCUT2D eigenvalue weighted by Crippen LogP contribution is 2.33. The van der Waals surface area contributed by atoms with Crippen LogP contribution >= 0.6 is 0 Å². The summed E-state index contributed by atoms with van der Waals surface area (Å²) in [5, 5.41) is 14.2. The van der Waals surface area contributed by atoms with Gasteiger partial charge in [-0.1, -0.05) is 0 Å². The molecule has 0 aliphatic carbocycles. The smallest absolute Gasteiger partial charge is 0.475 e. The number of ether oxygens (including phenoxy) is 2. The van der Waals surface area contributed by atoms with Crippen molar-refractivity contribution < 1.29 is 37.3 Å². The number of nitrogens with one attached hydrogen (secondary N) is 1. The number of likely N-dealkylation sites (tertiary alicyclic amines) is 1. The van der Waals surface area contributed by atoms with E-state index >= 15 is 0 Å². The van der Waals surface area contributed by atoms with E-state index in [1.807, 2.05) is 24.1 Å². The zero-order valence-electron chi connectivity index (χ0n) is 16.2. The Balaban J connectivity index is 0.000000370. The standard InChI is InChI=1S/C15H24N4O3.C2HF3O2/c1-18-9-11(8-17-18)10-19-5-3-13-12(19)7-14(22-13)15(20)16-4-6-21-2;3-2(4,5)1(6)7/h8-9,12-14H,3-7,10H2,1-2H3,(H,16,20);(H,6,7)/t12-,13-,14+;/m0./s1. The SMILES string of the molecule is COCCNC(=O)[C@H]1C[C@H]2[C@H](CCN2Cc2cnn(C)c2)O1.O=C(O)C(F)(F)F. The van der Waals surface area contributed by atoms with Crippen molar-refractivity contribution in [1.29, 1.82) is 0 Å². The Hall–Kier alpha value is -2.18. The number of aliphatic carboxylic acids is 1. The van der Waals surface area contributed by atoms with Gasteiger partial charge in [-0.25, -0.2) is 4.79 Å². The quantitative estimate of drug-likeness (QED) is 0.645. The molecule has 2 fully saturated rings. The molecule has 1 amide bonds. The summed E-state index contributed by atoms with van der Waals surface area (Å²) in [6, 6.07) is 0.332. The first kappa shape index (κ1) is 23.1. The zero-order valence-corrected chi connectivity index (χ0v) is 16.2. The van der Waals surface area contributed by atoms with Crippen LogP contribution in [0.5, 0.6) is 0 Å². The number of halogens is 3. The van der Waals surface area contributed by atoms with Crippen molar-refractivity contribution in [1.82, 2.24) is 20.0 Å². The number of aryl methyl sites for hydroxylation is 1. The van der Waals surface area contributed by atoms with Crippen LogP contribution in [0.15, 0.2) is 12.4 Å². The van der Waals surface area contributed by atoms with E-state index < -0.39 is 12.1 Å². The van der Waals surface area contributed by atoms with E-state index in [0.717, 1.165) is 25.9 Å². The maximum Gasteiger partial charge on any atom is 0.490 e. The molecule has 0 radical (unpaired) electrons. The Morgan fingerprint density at radius 1 is 1.45 bits per heavy atom. The van der Waals surface area contributed by atoms with Crippen LogP contribution in [0.3, 0.4) is 0 Å². The molecule has 12 heteroatoms. The largest absolute Gasteiger partial charge is 0.490 e. The number of nitrogens with zero attached hydrogens (tertiary/aromatic N) is 3. The Morgan fingerprint density at radius 2 is 2.14 bits per heavy atom. The topological polar surface area (TPSA) is 106 Å². The lowest BCUT2D eigenvalue weighted by molar-refractivity contribution is -0.192. The van der Waals surface area contributed by atoms with E-state index in [-0.39, 0.29) is 18.1 Å². The number of hydrogen-bond donors (Lipinski definition) is 2. The zero-order chi connectivity index (χ0) is 21.6. The molecule has 2 aliphatic rings. The van der Waals surface area contributed by atoms with Crippen molar-refractivity contribution in [2.24, 2.45) is 7.05 Å². The van der Waals surface area contributed by atoms with E-state index in [1.165, 1.54) is 5.56 Å². The Kier molecular flexibility index (Phi) is 7.99. The highest BCUT2D eigenvalue weighted by molar-refractivity contribution is 5.81. The molecule has 0 saturated carbocycles. The average Bonchev–Trinajstić information content (AvgIpc) is 3.32. The van der Waals surface area contributed by atoms with Gasteiger partial charge in [-0.3, -0.25) is 14.4 Å². The summed E-state index contributed by atoms with van der Waals surface area (Å²) in [6.45, 7) is 2.95. The van der Waals surface area contributed by atoms with Gasteiger partial charge in [-0.05, 0) is 6.42 Å². The number of fused-ring (bicyclic) bond motifs is 1. The molecule has 9 nitrogen and oxygen atoms in total. The molecule has 2 aliphatic heterocycles. The number of carboxylic acid groups (broad SMARTS) is 1. The van der Waals surface area contributed by atoms with E-state index in [4.69, 9.17) is 19.4 Å². The summed E-state index contributed by atoms with van der Waals surface area (Å²) in [6.07, 6.45) is 0.463. The second-order valence-corrected chi connectivity index (χ2v) is 6.83. The predicted octanol–water partition coefficient (Wildman–Crippen LogP) is 0.548. The molecule has 0 bridgehead atoms. The number of methoxy groups -OCH3 is 1. The third kappa shape index (κ3) is 6.68. The Morgan fingerprint density at radius 3 is 2.69 bits per heavy atom. The van der Waals surface area contributed by atoms with E-state index in [2.05, 4.69) is 15.3 Å². The molecule has 3 heterocycles. The van der Waals surface area contributed by atoms with Crippen LogP contribution in [0.2, 0.25) is 0 Å². The fourth-order valence-corrected chi connectivity index (χ4v) is 3.38. The monoisotopic (exact) mass is 422 g/mol. The lowest BCUT2D eigenvalue weighted by atomic mass is 10.1. The number of rotatable bonds is 6. The van der Waals surface area contributed by atoms with Crippen LogP contribution in [0.25, 0.3) is 0 Å². The van der Waals surface area contributed by atoms with Crippen LogP contribution in [0, 0.1) is 0 Å². The van der Waals surface area contributed by atoms with Crippen LogP contribution in [-0.4, -0.2) is 82.9 Å². The molecule has 164 valence electrons. The number of aromatic nitrogens is 2. The molecule has 0 aromatic carbocycles.